The molecular weight excluding hydrogens is 346 g/mol. The van der Waals surface area contributed by atoms with Crippen LogP contribution in [0.5, 0.6) is 0 Å². The Morgan fingerprint density at radius 2 is 1.92 bits per heavy atom. The predicted octanol–water partition coefficient (Wildman–Crippen LogP) is 2.89. The summed E-state index contributed by atoms with van der Waals surface area (Å²) in [6.45, 7) is 4.48. The molecule has 0 unspecified atom stereocenters. The highest BCUT2D eigenvalue weighted by Crippen LogP contribution is 2.30. The Hall–Kier alpha value is -1.92. The van der Waals surface area contributed by atoms with Crippen LogP contribution in [0.25, 0.3) is 10.6 Å². The van der Waals surface area contributed by atoms with Crippen LogP contribution in [-0.2, 0) is 16.0 Å². The molecular formula is C17H20ClN3O2S. The van der Waals surface area contributed by atoms with E-state index in [1.807, 2.05) is 43.5 Å². The maximum Gasteiger partial charge on any atom is 0.226 e. The Balaban J connectivity index is 1.81. The third-order valence-electron chi connectivity index (χ3n) is 3.27. The van der Waals surface area contributed by atoms with E-state index in [0.29, 0.717) is 23.8 Å². The number of aromatic nitrogens is 1. The number of hydrogen-bond donors (Lipinski definition) is 2. The van der Waals surface area contributed by atoms with Crippen molar-refractivity contribution in [2.75, 3.05) is 13.1 Å². The molecule has 24 heavy (non-hydrogen) atoms. The van der Waals surface area contributed by atoms with Gasteiger partial charge in [0.05, 0.1) is 17.1 Å². The fraction of sp³-hybridized carbons (Fsp3) is 0.353. The van der Waals surface area contributed by atoms with E-state index in [1.165, 1.54) is 11.3 Å². The van der Waals surface area contributed by atoms with Crippen molar-refractivity contribution in [3.63, 3.8) is 0 Å². The molecule has 7 heteroatoms. The van der Waals surface area contributed by atoms with Gasteiger partial charge in [0.2, 0.25) is 11.8 Å². The van der Waals surface area contributed by atoms with E-state index in [9.17, 15) is 9.59 Å². The lowest BCUT2D eigenvalue weighted by Crippen LogP contribution is -2.36. The lowest BCUT2D eigenvalue weighted by Gasteiger charge is -2.08. The van der Waals surface area contributed by atoms with Gasteiger partial charge in [-0.3, -0.25) is 9.59 Å². The third kappa shape index (κ3) is 5.32. The van der Waals surface area contributed by atoms with E-state index in [1.54, 1.807) is 0 Å². The lowest BCUT2D eigenvalue weighted by molar-refractivity contribution is -0.124. The van der Waals surface area contributed by atoms with Crippen LogP contribution in [0.4, 0.5) is 0 Å². The van der Waals surface area contributed by atoms with Gasteiger partial charge in [0.1, 0.15) is 5.01 Å². The minimum absolute atomic E-state index is 0.0202. The van der Waals surface area contributed by atoms with E-state index in [2.05, 4.69) is 15.6 Å². The quantitative estimate of drug-likeness (QED) is 0.741. The fourth-order valence-electron chi connectivity index (χ4n) is 1.97. The standard InChI is InChI=1S/C17H20ClN3O2S/c1-11(2)16(23)20-8-7-19-15(22)9-12-10-24-17(21-12)13-5-3-4-6-14(13)18/h3-6,10-11H,7-9H2,1-2H3,(H,19,22)(H,20,23). The molecule has 0 saturated heterocycles. The SMILES string of the molecule is CC(C)C(=O)NCCNC(=O)Cc1csc(-c2ccccc2Cl)n1. The maximum absolute atomic E-state index is 11.9. The number of nitrogens with zero attached hydrogens (tertiary/aromatic N) is 1. The van der Waals surface area contributed by atoms with Crippen molar-refractivity contribution < 1.29 is 9.59 Å². The number of hydrogen-bond acceptors (Lipinski definition) is 4. The van der Waals surface area contributed by atoms with Gasteiger partial charge in [-0.2, -0.15) is 0 Å². The Bertz CT molecular complexity index is 715. The zero-order valence-electron chi connectivity index (χ0n) is 13.6. The zero-order valence-corrected chi connectivity index (χ0v) is 15.2. The molecule has 0 spiro atoms. The first-order valence-corrected chi connectivity index (χ1v) is 8.97. The number of carbonyl (C=O) groups excluding carboxylic acids is 2. The molecule has 2 N–H and O–H groups in total. The van der Waals surface area contributed by atoms with Crippen LogP contribution in [-0.4, -0.2) is 29.9 Å². The fourth-order valence-corrected chi connectivity index (χ4v) is 3.11. The number of thiazole rings is 1. The normalized spacial score (nSPS) is 10.7. The van der Waals surface area contributed by atoms with E-state index < -0.39 is 0 Å². The molecule has 0 aliphatic carbocycles. The second kappa shape index (κ2) is 8.80. The van der Waals surface area contributed by atoms with E-state index >= 15 is 0 Å². The first kappa shape index (κ1) is 18.4. The van der Waals surface area contributed by atoms with E-state index in [4.69, 9.17) is 11.6 Å². The van der Waals surface area contributed by atoms with Gasteiger partial charge in [-0.25, -0.2) is 4.98 Å². The van der Waals surface area contributed by atoms with Gasteiger partial charge in [0, 0.05) is 30.0 Å². The summed E-state index contributed by atoms with van der Waals surface area (Å²) in [5, 5.41) is 8.82. The molecule has 0 radical (unpaired) electrons. The lowest BCUT2D eigenvalue weighted by atomic mass is 10.2. The molecule has 1 heterocycles. The summed E-state index contributed by atoms with van der Waals surface area (Å²) in [5.74, 6) is -0.197. The van der Waals surface area contributed by atoms with Crippen molar-refractivity contribution in [1.29, 1.82) is 0 Å². The van der Waals surface area contributed by atoms with Crippen molar-refractivity contribution in [3.05, 3.63) is 40.4 Å². The molecule has 0 fully saturated rings. The molecule has 2 aromatic rings. The Morgan fingerprint density at radius 3 is 2.62 bits per heavy atom. The number of rotatable bonds is 7. The van der Waals surface area contributed by atoms with Crippen LogP contribution in [0.15, 0.2) is 29.6 Å². The summed E-state index contributed by atoms with van der Waals surface area (Å²) in [6.07, 6.45) is 0.207. The van der Waals surface area contributed by atoms with Crippen LogP contribution in [0.3, 0.4) is 0 Å². The molecule has 2 amide bonds. The highest BCUT2D eigenvalue weighted by molar-refractivity contribution is 7.13. The van der Waals surface area contributed by atoms with Crippen LogP contribution in [0.2, 0.25) is 5.02 Å². The van der Waals surface area contributed by atoms with Crippen molar-refractivity contribution in [1.82, 2.24) is 15.6 Å². The summed E-state index contributed by atoms with van der Waals surface area (Å²) in [6, 6.07) is 7.49. The zero-order chi connectivity index (χ0) is 17.5. The average Bonchev–Trinajstić information content (AvgIpc) is 2.99. The summed E-state index contributed by atoms with van der Waals surface area (Å²) >= 11 is 7.62. The second-order valence-electron chi connectivity index (χ2n) is 5.60. The summed E-state index contributed by atoms with van der Waals surface area (Å²) in [7, 11) is 0. The molecule has 0 aliphatic rings. The minimum Gasteiger partial charge on any atom is -0.354 e. The van der Waals surface area contributed by atoms with Crippen LogP contribution in [0, 0.1) is 5.92 Å². The van der Waals surface area contributed by atoms with Gasteiger partial charge < -0.3 is 10.6 Å². The minimum atomic E-state index is -0.121. The molecule has 0 atom stereocenters. The van der Waals surface area contributed by atoms with Gasteiger partial charge in [0.25, 0.3) is 0 Å². The van der Waals surface area contributed by atoms with Crippen molar-refractivity contribution in [2.24, 2.45) is 5.92 Å². The number of halogens is 1. The van der Waals surface area contributed by atoms with Crippen molar-refractivity contribution in [2.45, 2.75) is 20.3 Å². The van der Waals surface area contributed by atoms with E-state index in [-0.39, 0.29) is 24.2 Å². The van der Waals surface area contributed by atoms with Gasteiger partial charge in [0.15, 0.2) is 0 Å². The Kier molecular flexibility index (Phi) is 6.75. The van der Waals surface area contributed by atoms with Gasteiger partial charge in [-0.15, -0.1) is 11.3 Å². The summed E-state index contributed by atoms with van der Waals surface area (Å²) in [5.41, 5.74) is 1.57. The number of nitrogens with one attached hydrogen (secondary N) is 2. The molecule has 0 aliphatic heterocycles. The third-order valence-corrected chi connectivity index (χ3v) is 4.52. The average molecular weight is 366 g/mol. The molecule has 1 aromatic heterocycles. The number of amides is 2. The number of carbonyl (C=O) groups is 2. The topological polar surface area (TPSA) is 71.1 Å². The largest absolute Gasteiger partial charge is 0.354 e. The summed E-state index contributed by atoms with van der Waals surface area (Å²) < 4.78 is 0. The second-order valence-corrected chi connectivity index (χ2v) is 6.86. The molecule has 0 bridgehead atoms. The molecule has 0 saturated carbocycles. The smallest absolute Gasteiger partial charge is 0.226 e. The molecule has 2 rings (SSSR count). The van der Waals surface area contributed by atoms with Crippen molar-refractivity contribution >= 4 is 34.8 Å². The van der Waals surface area contributed by atoms with Gasteiger partial charge >= 0.3 is 0 Å². The summed E-state index contributed by atoms with van der Waals surface area (Å²) in [4.78, 5) is 27.8. The van der Waals surface area contributed by atoms with Crippen LogP contribution < -0.4 is 10.6 Å². The molecule has 128 valence electrons. The first-order chi connectivity index (χ1) is 11.5. The Morgan fingerprint density at radius 1 is 1.21 bits per heavy atom. The van der Waals surface area contributed by atoms with Crippen LogP contribution in [0.1, 0.15) is 19.5 Å². The maximum atomic E-state index is 11.9. The van der Waals surface area contributed by atoms with E-state index in [0.717, 1.165) is 10.6 Å². The molecule has 1 aromatic carbocycles. The Labute approximate surface area is 150 Å². The monoisotopic (exact) mass is 365 g/mol. The van der Waals surface area contributed by atoms with Gasteiger partial charge in [-0.05, 0) is 6.07 Å². The number of benzene rings is 1. The molecule has 5 nitrogen and oxygen atoms in total. The van der Waals surface area contributed by atoms with Gasteiger partial charge in [-0.1, -0.05) is 43.6 Å². The van der Waals surface area contributed by atoms with Crippen LogP contribution >= 0.6 is 22.9 Å². The van der Waals surface area contributed by atoms with Crippen molar-refractivity contribution in [3.8, 4) is 10.6 Å². The highest BCUT2D eigenvalue weighted by atomic mass is 35.5. The highest BCUT2D eigenvalue weighted by Gasteiger charge is 2.11. The first-order valence-electron chi connectivity index (χ1n) is 7.71. The predicted molar refractivity (Wildman–Crippen MR) is 97.1 cm³/mol.